The minimum absolute atomic E-state index is 0. The fourth-order valence-electron chi connectivity index (χ4n) is 4.14. The van der Waals surface area contributed by atoms with Gasteiger partial charge in [0.15, 0.2) is 22.1 Å². The van der Waals surface area contributed by atoms with Crippen molar-refractivity contribution >= 4 is 45.9 Å². The quantitative estimate of drug-likeness (QED) is 0.125. The second-order valence-electron chi connectivity index (χ2n) is 7.90. The molecule has 20 nitrogen and oxygen atoms in total. The molecular formula is C24H42CoN4O16+4. The van der Waals surface area contributed by atoms with Gasteiger partial charge in [0.1, 0.15) is 26.2 Å². The zero-order chi connectivity index (χ0) is 26.6. The fourth-order valence-corrected chi connectivity index (χ4v) is 4.14. The third-order valence-corrected chi connectivity index (χ3v) is 5.64. The summed E-state index contributed by atoms with van der Waals surface area (Å²) in [5.74, 6) is -3.83. The maximum Gasteiger partial charge on any atom is 2.00 e. The standard InChI is InChI=1S/2C12H12N2O4.Co.8H2O/c2*1-8-13(6-11(15)16)9-4-2-3-5-10(9)14(8)7-12(17)18;;;;;;;;;/h2*2-5H,6-7H2,1H3,(H-,15,16,17,18);;8*1H2/q;;+2;;;;;;;;/p+2. The molecule has 0 saturated carbocycles. The van der Waals surface area contributed by atoms with E-state index >= 15 is 0 Å². The Morgan fingerprint density at radius 1 is 0.556 bits per heavy atom. The molecule has 4 rings (SSSR count). The Hall–Kier alpha value is -4.55. The number of nitrogens with zero attached hydrogens (tertiary/aromatic N) is 4. The van der Waals surface area contributed by atoms with Crippen molar-refractivity contribution in [2.75, 3.05) is 0 Å². The summed E-state index contributed by atoms with van der Waals surface area (Å²) >= 11 is 0. The van der Waals surface area contributed by atoms with Crippen LogP contribution in [0.15, 0.2) is 48.5 Å². The van der Waals surface area contributed by atoms with E-state index in [1.165, 1.54) is 18.3 Å². The maximum atomic E-state index is 10.7. The zero-order valence-electron chi connectivity index (χ0n) is 24.1. The summed E-state index contributed by atoms with van der Waals surface area (Å²) in [6.45, 7) is 2.06. The molecule has 0 aliphatic heterocycles. The number of imidazole rings is 2. The Balaban J connectivity index is -0.000000107. The van der Waals surface area contributed by atoms with Crippen LogP contribution in [0.3, 0.4) is 0 Å². The van der Waals surface area contributed by atoms with Gasteiger partial charge in [-0.3, -0.25) is 0 Å². The van der Waals surface area contributed by atoms with Crippen LogP contribution in [0.2, 0.25) is 0 Å². The van der Waals surface area contributed by atoms with Crippen molar-refractivity contribution in [3.63, 3.8) is 0 Å². The summed E-state index contributed by atoms with van der Waals surface area (Å²) in [5.41, 5.74) is 2.61. The van der Waals surface area contributed by atoms with Crippen molar-refractivity contribution in [3.8, 4) is 0 Å². The van der Waals surface area contributed by atoms with Gasteiger partial charge < -0.3 is 83.4 Å². The third kappa shape index (κ3) is 12.9. The average molecular weight is 702 g/mol. The Morgan fingerprint density at radius 2 is 0.822 bits per heavy atom. The monoisotopic (exact) mass is 701 g/mol. The fraction of sp³-hybridized carbons (Fsp3) is 0.250. The number of fused-ring (bicyclic) bond motifs is 2. The maximum absolute atomic E-state index is 10.7. The number of carboxylic acid groups (broad SMARTS) is 4. The van der Waals surface area contributed by atoms with E-state index in [4.69, 9.17) is 0 Å². The van der Waals surface area contributed by atoms with E-state index in [0.717, 1.165) is 0 Å². The molecule has 0 aliphatic carbocycles. The van der Waals surface area contributed by atoms with Crippen molar-refractivity contribution < 1.29 is 109 Å². The minimum Gasteiger partial charge on any atom is -0.546 e. The number of para-hydroxylation sites is 4. The molecule has 20 N–H and O–H groups in total. The molecule has 0 spiro atoms. The number of carboxylic acids is 4. The predicted octanol–water partition coefficient (Wildman–Crippen LogP) is -11.5. The summed E-state index contributed by atoms with van der Waals surface area (Å²) in [4.78, 5) is 42.9. The smallest absolute Gasteiger partial charge is 0.546 e. The van der Waals surface area contributed by atoms with Gasteiger partial charge in [-0.25, -0.2) is 18.3 Å². The van der Waals surface area contributed by atoms with Crippen molar-refractivity contribution in [2.24, 2.45) is 0 Å². The minimum atomic E-state index is -1.22. The number of aromatic nitrogens is 4. The predicted molar refractivity (Wildman–Crippen MR) is 148 cm³/mol. The number of rotatable bonds is 8. The summed E-state index contributed by atoms with van der Waals surface area (Å²) in [6.07, 6.45) is 0. The van der Waals surface area contributed by atoms with Gasteiger partial charge >= 0.3 is 16.8 Å². The number of carbonyl (C=O) groups excluding carboxylic acids is 4. The van der Waals surface area contributed by atoms with Crippen LogP contribution < -0.4 is 29.6 Å². The first kappa shape index (κ1) is 56.3. The van der Waals surface area contributed by atoms with E-state index in [-0.39, 0.29) is 86.8 Å². The van der Waals surface area contributed by atoms with E-state index in [2.05, 4.69) is 0 Å². The second kappa shape index (κ2) is 23.8. The number of aliphatic carboxylic acids is 4. The van der Waals surface area contributed by atoms with E-state index in [0.29, 0.717) is 33.7 Å². The van der Waals surface area contributed by atoms with E-state index in [1.807, 2.05) is 0 Å². The van der Waals surface area contributed by atoms with Crippen molar-refractivity contribution in [1.29, 1.82) is 0 Å². The van der Waals surface area contributed by atoms with Gasteiger partial charge in [0, 0.05) is 13.8 Å². The van der Waals surface area contributed by atoms with Crippen LogP contribution in [-0.4, -0.2) is 54.9 Å². The topological polar surface area (TPSA) is 436 Å². The molecule has 0 aliphatic rings. The summed E-state index contributed by atoms with van der Waals surface area (Å²) in [5, 5.41) is 42.9. The molecule has 0 amide bonds. The molecule has 0 bridgehead atoms. The summed E-state index contributed by atoms with van der Waals surface area (Å²) < 4.78 is 6.03. The molecule has 0 saturated heterocycles. The molecule has 0 unspecified atom stereocenters. The summed E-state index contributed by atoms with van der Waals surface area (Å²) in [6, 6.07) is 14.0. The van der Waals surface area contributed by atoms with Crippen molar-refractivity contribution in [3.05, 3.63) is 60.2 Å². The first-order valence-corrected chi connectivity index (χ1v) is 10.8. The average Bonchev–Trinajstić information content (AvgIpc) is 3.20. The van der Waals surface area contributed by atoms with Crippen LogP contribution in [0.1, 0.15) is 11.6 Å². The summed E-state index contributed by atoms with van der Waals surface area (Å²) in [7, 11) is 0. The SMILES string of the molecule is Cc1n(CC(=O)[O-])c2ccccc2[n+]1CC(=O)[O-].Cc1n(CC(=O)[O-])c2ccccc2[n+]1CC(=O)[O-].O.O.O.O.[Co+2].[OH3+].[OH3+].[OH3+].[OH3+]. The number of hydrogen-bond donors (Lipinski definition) is 0. The van der Waals surface area contributed by atoms with E-state index in [9.17, 15) is 39.6 Å². The Morgan fingerprint density at radius 3 is 1.07 bits per heavy atom. The van der Waals surface area contributed by atoms with E-state index in [1.54, 1.807) is 62.4 Å². The van der Waals surface area contributed by atoms with Gasteiger partial charge in [-0.2, -0.15) is 0 Å². The molecule has 259 valence electrons. The molecule has 21 heteroatoms. The van der Waals surface area contributed by atoms with E-state index < -0.39 is 23.9 Å². The number of hydrogen-bond acceptors (Lipinski definition) is 8. The first-order valence-electron chi connectivity index (χ1n) is 10.8. The largest absolute Gasteiger partial charge is 2.00 e. The van der Waals surface area contributed by atoms with Gasteiger partial charge in [-0.05, 0) is 24.3 Å². The van der Waals surface area contributed by atoms with Gasteiger partial charge in [-0.15, -0.1) is 0 Å². The van der Waals surface area contributed by atoms with Crippen LogP contribution in [0.5, 0.6) is 0 Å². The van der Waals surface area contributed by atoms with Crippen LogP contribution in [0.4, 0.5) is 0 Å². The molecule has 4 aromatic rings. The molecule has 2 aromatic carbocycles. The Labute approximate surface area is 264 Å². The molecule has 1 radical (unpaired) electrons. The van der Waals surface area contributed by atoms with Crippen molar-refractivity contribution in [1.82, 2.24) is 9.13 Å². The van der Waals surface area contributed by atoms with Gasteiger partial charge in [-0.1, -0.05) is 24.3 Å². The number of benzene rings is 2. The third-order valence-electron chi connectivity index (χ3n) is 5.64. The number of carbonyl (C=O) groups is 4. The van der Waals surface area contributed by atoms with Crippen LogP contribution >= 0.6 is 0 Å². The van der Waals surface area contributed by atoms with Crippen LogP contribution in [0.25, 0.3) is 22.1 Å². The Bertz CT molecular complexity index is 1290. The van der Waals surface area contributed by atoms with Crippen LogP contribution in [-0.2, 0) is 84.0 Å². The molecular weight excluding hydrogens is 659 g/mol. The normalized spacial score (nSPS) is 8.58. The van der Waals surface area contributed by atoms with Crippen molar-refractivity contribution in [2.45, 2.75) is 40.0 Å². The first-order chi connectivity index (χ1) is 17.0. The van der Waals surface area contributed by atoms with Gasteiger partial charge in [0.05, 0.1) is 23.9 Å². The molecule has 2 aromatic heterocycles. The molecule has 2 heterocycles. The molecule has 0 fully saturated rings. The molecule has 45 heavy (non-hydrogen) atoms. The molecule has 0 atom stereocenters. The Kier molecular flexibility index (Phi) is 29.8. The zero-order valence-corrected chi connectivity index (χ0v) is 25.2. The van der Waals surface area contributed by atoms with Crippen LogP contribution in [0, 0.1) is 13.8 Å². The second-order valence-corrected chi connectivity index (χ2v) is 7.90. The van der Waals surface area contributed by atoms with Gasteiger partial charge in [0.2, 0.25) is 0 Å². The van der Waals surface area contributed by atoms with Gasteiger partial charge in [0.25, 0.3) is 11.6 Å².